The van der Waals surface area contributed by atoms with Gasteiger partial charge >= 0.3 is 6.03 Å². The average molecular weight is 549 g/mol. The molecule has 9 heteroatoms. The van der Waals surface area contributed by atoms with E-state index in [4.69, 9.17) is 4.74 Å². The largest absolute Gasteiger partial charge is 0.455 e. The maximum atomic E-state index is 15.3. The number of hydrogen-bond acceptors (Lipinski definition) is 5. The molecule has 2 amide bonds. The number of halogens is 2. The first-order valence-electron chi connectivity index (χ1n) is 11.5. The molecule has 2 aromatic heterocycles. The fraction of sp³-hybridized carbons (Fsp3) is 0.185. The summed E-state index contributed by atoms with van der Waals surface area (Å²) in [7, 11) is 0. The first-order valence-corrected chi connectivity index (χ1v) is 12.3. The van der Waals surface area contributed by atoms with Crippen molar-refractivity contribution < 1.29 is 18.7 Å². The van der Waals surface area contributed by atoms with E-state index in [0.29, 0.717) is 23.6 Å². The molecule has 5 rings (SSSR count). The normalized spacial score (nSPS) is 16.4. The van der Waals surface area contributed by atoms with Crippen molar-refractivity contribution in [1.82, 2.24) is 15.3 Å². The highest BCUT2D eigenvalue weighted by molar-refractivity contribution is 9.10. The van der Waals surface area contributed by atoms with Gasteiger partial charge in [-0.15, -0.1) is 0 Å². The fourth-order valence-corrected chi connectivity index (χ4v) is 4.39. The number of nitrogens with zero attached hydrogens (tertiary/aromatic N) is 2. The van der Waals surface area contributed by atoms with E-state index in [1.807, 2.05) is 24.3 Å². The monoisotopic (exact) mass is 548 g/mol. The van der Waals surface area contributed by atoms with Gasteiger partial charge in [0.15, 0.2) is 5.78 Å². The van der Waals surface area contributed by atoms with E-state index in [-0.39, 0.29) is 35.5 Å². The molecule has 1 aliphatic rings. The van der Waals surface area contributed by atoms with Crippen molar-refractivity contribution in [2.75, 3.05) is 5.32 Å². The smallest absolute Gasteiger partial charge is 0.320 e. The van der Waals surface area contributed by atoms with Crippen molar-refractivity contribution in [3.05, 3.63) is 88.4 Å². The van der Waals surface area contributed by atoms with Crippen LogP contribution < -0.4 is 15.4 Å². The summed E-state index contributed by atoms with van der Waals surface area (Å²) in [6, 6.07) is 14.6. The van der Waals surface area contributed by atoms with Crippen molar-refractivity contribution in [3.8, 4) is 11.5 Å². The topological polar surface area (TPSA) is 93.2 Å². The van der Waals surface area contributed by atoms with E-state index in [1.165, 1.54) is 12.1 Å². The van der Waals surface area contributed by atoms with Gasteiger partial charge in [-0.3, -0.25) is 15.1 Å². The molecule has 0 unspecified atom stereocenters. The summed E-state index contributed by atoms with van der Waals surface area (Å²) < 4.78 is 22.3. The minimum Gasteiger partial charge on any atom is -0.455 e. The number of carbonyl (C=O) groups is 2. The highest BCUT2D eigenvalue weighted by Crippen LogP contribution is 2.48. The number of ether oxygens (including phenoxy) is 1. The standard InChI is InChI=1S/C27H22BrFN4O3/c1-2-22(34)17-8-9-19(29)25(26(17)36-23-11-12-30-20-6-4-3-5-16(20)23)18-13-21(18)32-27(35)33-24-10-7-15(28)14-31-24/h3-12,14,18,21H,2,13H2,1H3,(H2,31,32,33,35)/t18-,21+/m1/s1. The lowest BCUT2D eigenvalue weighted by molar-refractivity contribution is 0.0985. The average Bonchev–Trinajstić information content (AvgIpc) is 3.63. The number of rotatable bonds is 7. The number of urea groups is 1. The molecule has 0 aliphatic heterocycles. The molecule has 182 valence electrons. The van der Waals surface area contributed by atoms with Crippen LogP contribution in [0.3, 0.4) is 0 Å². The summed E-state index contributed by atoms with van der Waals surface area (Å²) >= 11 is 3.30. The lowest BCUT2D eigenvalue weighted by atomic mass is 9.99. The minimum atomic E-state index is -0.486. The summed E-state index contributed by atoms with van der Waals surface area (Å²) in [6.07, 6.45) is 3.94. The number of Topliss-reactive ketones (excluding diaryl/α,β-unsaturated/α-hetero) is 1. The molecule has 0 radical (unpaired) electrons. The Morgan fingerprint density at radius 3 is 2.72 bits per heavy atom. The Balaban J connectivity index is 1.44. The molecule has 0 saturated heterocycles. The molecule has 7 nitrogen and oxygen atoms in total. The van der Waals surface area contributed by atoms with Gasteiger partial charge in [-0.25, -0.2) is 14.2 Å². The highest BCUT2D eigenvalue weighted by atomic mass is 79.9. The maximum Gasteiger partial charge on any atom is 0.320 e. The Bertz CT molecular complexity index is 1460. The molecule has 2 atom stereocenters. The van der Waals surface area contributed by atoms with Crippen LogP contribution in [-0.2, 0) is 0 Å². The van der Waals surface area contributed by atoms with Crippen molar-refractivity contribution >= 4 is 44.5 Å². The zero-order valence-corrected chi connectivity index (χ0v) is 20.9. The molecule has 2 aromatic carbocycles. The number of anilines is 1. The van der Waals surface area contributed by atoms with E-state index >= 15 is 4.39 Å². The van der Waals surface area contributed by atoms with Crippen LogP contribution >= 0.6 is 15.9 Å². The lowest BCUT2D eigenvalue weighted by Crippen LogP contribution is -2.31. The predicted molar refractivity (Wildman–Crippen MR) is 138 cm³/mol. The molecule has 0 bridgehead atoms. The summed E-state index contributed by atoms with van der Waals surface area (Å²) in [5.74, 6) is 0.0583. The Morgan fingerprint density at radius 1 is 1.11 bits per heavy atom. The summed E-state index contributed by atoms with van der Waals surface area (Å²) in [6.45, 7) is 1.75. The third-order valence-corrected chi connectivity index (χ3v) is 6.50. The first-order chi connectivity index (χ1) is 17.4. The SMILES string of the molecule is CCC(=O)c1ccc(F)c([C@@H]2C[C@@H]2NC(=O)Nc2ccc(Br)cn2)c1Oc1ccnc2ccccc12. The number of para-hydroxylation sites is 1. The number of carbonyl (C=O) groups excluding carboxylic acids is 2. The molecular weight excluding hydrogens is 527 g/mol. The van der Waals surface area contributed by atoms with Crippen LogP contribution in [0.5, 0.6) is 11.5 Å². The number of aromatic nitrogens is 2. The van der Waals surface area contributed by atoms with Crippen LogP contribution in [0.4, 0.5) is 15.0 Å². The van der Waals surface area contributed by atoms with Crippen molar-refractivity contribution in [1.29, 1.82) is 0 Å². The van der Waals surface area contributed by atoms with E-state index in [0.717, 1.165) is 15.4 Å². The van der Waals surface area contributed by atoms with Crippen LogP contribution in [0.15, 0.2) is 71.5 Å². The van der Waals surface area contributed by atoms with Gasteiger partial charge in [-0.05, 0) is 64.8 Å². The van der Waals surface area contributed by atoms with Crippen LogP contribution in [-0.4, -0.2) is 27.8 Å². The lowest BCUT2D eigenvalue weighted by Gasteiger charge is -2.17. The molecule has 0 spiro atoms. The molecule has 1 saturated carbocycles. The van der Waals surface area contributed by atoms with Gasteiger partial charge in [0.2, 0.25) is 0 Å². The van der Waals surface area contributed by atoms with Crippen LogP contribution in [0.2, 0.25) is 0 Å². The fourth-order valence-electron chi connectivity index (χ4n) is 4.15. The van der Waals surface area contributed by atoms with Gasteiger partial charge in [0, 0.05) is 46.2 Å². The number of benzene rings is 2. The zero-order chi connectivity index (χ0) is 25.2. The number of hydrogen-bond donors (Lipinski definition) is 2. The van der Waals surface area contributed by atoms with Crippen LogP contribution in [0.1, 0.15) is 41.6 Å². The minimum absolute atomic E-state index is 0.158. The number of nitrogens with one attached hydrogen (secondary N) is 2. The van der Waals surface area contributed by atoms with Crippen molar-refractivity contribution in [2.24, 2.45) is 0 Å². The van der Waals surface area contributed by atoms with Gasteiger partial charge in [-0.2, -0.15) is 0 Å². The second kappa shape index (κ2) is 10.0. The number of fused-ring (bicyclic) bond motifs is 1. The van der Waals surface area contributed by atoms with Gasteiger partial charge in [0.05, 0.1) is 11.1 Å². The Labute approximate surface area is 215 Å². The van der Waals surface area contributed by atoms with Crippen LogP contribution in [0, 0.1) is 5.82 Å². The molecule has 2 N–H and O–H groups in total. The maximum absolute atomic E-state index is 15.3. The first kappa shape index (κ1) is 23.9. The van der Waals surface area contributed by atoms with Gasteiger partial charge in [-0.1, -0.05) is 19.1 Å². The molecular formula is C27H22BrFN4O3. The summed E-state index contributed by atoms with van der Waals surface area (Å²) in [4.78, 5) is 33.7. The number of pyridine rings is 2. The number of amides is 2. The van der Waals surface area contributed by atoms with Gasteiger partial charge in [0.25, 0.3) is 0 Å². The van der Waals surface area contributed by atoms with E-state index in [9.17, 15) is 9.59 Å². The third kappa shape index (κ3) is 4.92. The van der Waals surface area contributed by atoms with Gasteiger partial charge < -0.3 is 10.1 Å². The Kier molecular flexibility index (Phi) is 6.65. The molecule has 1 fully saturated rings. The Hall–Kier alpha value is -3.85. The quantitative estimate of drug-likeness (QED) is 0.254. The third-order valence-electron chi connectivity index (χ3n) is 6.03. The zero-order valence-electron chi connectivity index (χ0n) is 19.3. The second-order valence-electron chi connectivity index (χ2n) is 8.45. The molecule has 2 heterocycles. The number of ketones is 1. The Morgan fingerprint density at radius 2 is 1.94 bits per heavy atom. The van der Waals surface area contributed by atoms with E-state index < -0.39 is 11.8 Å². The summed E-state index contributed by atoms with van der Waals surface area (Å²) in [5, 5.41) is 6.28. The van der Waals surface area contributed by atoms with Crippen molar-refractivity contribution in [2.45, 2.75) is 31.7 Å². The van der Waals surface area contributed by atoms with Crippen molar-refractivity contribution in [3.63, 3.8) is 0 Å². The molecule has 4 aromatic rings. The van der Waals surface area contributed by atoms with Crippen LogP contribution in [0.25, 0.3) is 10.9 Å². The highest BCUT2D eigenvalue weighted by Gasteiger charge is 2.44. The molecule has 36 heavy (non-hydrogen) atoms. The van der Waals surface area contributed by atoms with Gasteiger partial charge in [0.1, 0.15) is 23.1 Å². The molecule has 1 aliphatic carbocycles. The summed E-state index contributed by atoms with van der Waals surface area (Å²) in [5.41, 5.74) is 1.31. The second-order valence-corrected chi connectivity index (χ2v) is 9.37. The predicted octanol–water partition coefficient (Wildman–Crippen LogP) is 6.59. The van der Waals surface area contributed by atoms with E-state index in [1.54, 1.807) is 37.5 Å². The van der Waals surface area contributed by atoms with E-state index in [2.05, 4.69) is 36.5 Å².